The molecule has 1 aliphatic heterocycles. The van der Waals surface area contributed by atoms with Gasteiger partial charge in [0, 0.05) is 6.42 Å². The lowest BCUT2D eigenvalue weighted by molar-refractivity contribution is 0.0970. The maximum Gasteiger partial charge on any atom is 0.297 e. The van der Waals surface area contributed by atoms with E-state index in [1.165, 1.54) is 16.2 Å². The van der Waals surface area contributed by atoms with Crippen LogP contribution in [0.15, 0.2) is 51.7 Å². The molecule has 0 saturated carbocycles. The fourth-order valence-corrected chi connectivity index (χ4v) is 5.26. The second-order valence-corrected chi connectivity index (χ2v) is 9.64. The van der Waals surface area contributed by atoms with Crippen molar-refractivity contribution in [2.75, 3.05) is 12.0 Å². The van der Waals surface area contributed by atoms with Gasteiger partial charge in [0.1, 0.15) is 16.3 Å². The molecular weight excluding hydrogens is 438 g/mol. The van der Waals surface area contributed by atoms with Crippen molar-refractivity contribution in [2.24, 2.45) is 5.92 Å². The number of hydrogen-bond donors (Lipinski definition) is 0. The summed E-state index contributed by atoms with van der Waals surface area (Å²) in [7, 11) is 1.58. The highest BCUT2D eigenvalue weighted by Crippen LogP contribution is 2.42. The summed E-state index contributed by atoms with van der Waals surface area (Å²) in [5.41, 5.74) is 2.16. The number of hydrogen-bond acceptors (Lipinski definition) is 7. The third-order valence-corrected chi connectivity index (χ3v) is 6.63. The van der Waals surface area contributed by atoms with E-state index in [2.05, 4.69) is 24.0 Å². The third-order valence-electron chi connectivity index (χ3n) is 5.68. The Bertz CT molecular complexity index is 1440. The van der Waals surface area contributed by atoms with Gasteiger partial charge in [-0.2, -0.15) is 0 Å². The van der Waals surface area contributed by atoms with Gasteiger partial charge in [0.15, 0.2) is 5.43 Å². The maximum absolute atomic E-state index is 13.7. The number of ether oxygens (including phenoxy) is 1. The molecule has 33 heavy (non-hydrogen) atoms. The van der Waals surface area contributed by atoms with Crippen molar-refractivity contribution >= 4 is 33.3 Å². The second-order valence-electron chi connectivity index (χ2n) is 8.60. The minimum Gasteiger partial charge on any atom is -0.497 e. The number of aryl methyl sites for hydroxylation is 1. The fraction of sp³-hybridized carbons (Fsp3) is 0.280. The summed E-state index contributed by atoms with van der Waals surface area (Å²) in [6, 6.07) is 12.1. The predicted molar refractivity (Wildman–Crippen MR) is 127 cm³/mol. The van der Waals surface area contributed by atoms with E-state index in [1.54, 1.807) is 19.2 Å². The quantitative estimate of drug-likeness (QED) is 0.420. The molecule has 168 valence electrons. The molecule has 4 aromatic rings. The first-order valence-corrected chi connectivity index (χ1v) is 11.6. The molecule has 0 unspecified atom stereocenters. The SMILES string of the molecule is COc1cccc([C@H]2c3c(oc4ccc(C)cc4c3=O)C(=O)N2c2nnc(CC(C)C)s2)c1. The van der Waals surface area contributed by atoms with Crippen LogP contribution in [0.1, 0.15) is 52.1 Å². The lowest BCUT2D eigenvalue weighted by Gasteiger charge is -2.22. The molecule has 0 N–H and O–H groups in total. The lowest BCUT2D eigenvalue weighted by atomic mass is 9.98. The summed E-state index contributed by atoms with van der Waals surface area (Å²) >= 11 is 1.36. The van der Waals surface area contributed by atoms with Gasteiger partial charge in [0.2, 0.25) is 10.9 Å². The van der Waals surface area contributed by atoms with Crippen LogP contribution in [0.3, 0.4) is 0 Å². The lowest BCUT2D eigenvalue weighted by Crippen LogP contribution is -2.29. The Morgan fingerprint density at radius 2 is 1.97 bits per heavy atom. The van der Waals surface area contributed by atoms with Crippen molar-refractivity contribution in [2.45, 2.75) is 33.2 Å². The molecule has 0 spiro atoms. The minimum absolute atomic E-state index is 0.0461. The highest BCUT2D eigenvalue weighted by Gasteiger charge is 2.45. The summed E-state index contributed by atoms with van der Waals surface area (Å²) in [5, 5.41) is 10.3. The maximum atomic E-state index is 13.7. The Hall–Kier alpha value is -3.52. The van der Waals surface area contributed by atoms with Crippen LogP contribution in [0.2, 0.25) is 0 Å². The van der Waals surface area contributed by atoms with E-state index < -0.39 is 11.9 Å². The number of carbonyl (C=O) groups is 1. The molecule has 1 aliphatic rings. The Morgan fingerprint density at radius 3 is 2.73 bits per heavy atom. The van der Waals surface area contributed by atoms with Crippen LogP contribution in [0, 0.1) is 12.8 Å². The monoisotopic (exact) mass is 461 g/mol. The van der Waals surface area contributed by atoms with Crippen LogP contribution < -0.4 is 15.1 Å². The van der Waals surface area contributed by atoms with Crippen molar-refractivity contribution in [3.05, 3.63) is 80.1 Å². The number of benzene rings is 2. The second kappa shape index (κ2) is 8.12. The molecule has 1 amide bonds. The normalized spacial score (nSPS) is 15.5. The van der Waals surface area contributed by atoms with Gasteiger partial charge in [-0.25, -0.2) is 0 Å². The fourth-order valence-electron chi connectivity index (χ4n) is 4.18. The number of rotatable bonds is 5. The van der Waals surface area contributed by atoms with Crippen LogP contribution in [0.4, 0.5) is 5.13 Å². The Balaban J connectivity index is 1.75. The van der Waals surface area contributed by atoms with Crippen LogP contribution >= 0.6 is 11.3 Å². The van der Waals surface area contributed by atoms with E-state index in [1.807, 2.05) is 37.3 Å². The van der Waals surface area contributed by atoms with Crippen LogP contribution in [-0.2, 0) is 6.42 Å². The zero-order valence-electron chi connectivity index (χ0n) is 18.8. The number of carbonyl (C=O) groups excluding carboxylic acids is 1. The molecule has 1 atom stereocenters. The van der Waals surface area contributed by atoms with E-state index in [0.717, 1.165) is 22.6 Å². The standard InChI is InChI=1S/C25H23N3O4S/c1-13(2)10-19-26-27-25(33-19)28-21(15-6-5-7-16(12-15)31-4)20-22(29)17-11-14(3)8-9-18(17)32-23(20)24(28)30/h5-9,11-13,21H,10H2,1-4H3/t21-/m0/s1. The third kappa shape index (κ3) is 3.60. The predicted octanol–water partition coefficient (Wildman–Crippen LogP) is 4.91. The topological polar surface area (TPSA) is 85.5 Å². The summed E-state index contributed by atoms with van der Waals surface area (Å²) < 4.78 is 11.4. The average Bonchev–Trinajstić information content (AvgIpc) is 3.36. The zero-order valence-corrected chi connectivity index (χ0v) is 19.6. The van der Waals surface area contributed by atoms with Crippen molar-refractivity contribution in [1.82, 2.24) is 10.2 Å². The van der Waals surface area contributed by atoms with E-state index in [-0.39, 0.29) is 11.2 Å². The molecule has 2 aromatic heterocycles. The van der Waals surface area contributed by atoms with Gasteiger partial charge < -0.3 is 9.15 Å². The smallest absolute Gasteiger partial charge is 0.297 e. The molecule has 5 rings (SSSR count). The zero-order chi connectivity index (χ0) is 23.3. The van der Waals surface area contributed by atoms with Crippen molar-refractivity contribution in [3.63, 3.8) is 0 Å². The summed E-state index contributed by atoms with van der Waals surface area (Å²) in [5.74, 6) is 0.685. The van der Waals surface area contributed by atoms with E-state index in [4.69, 9.17) is 9.15 Å². The highest BCUT2D eigenvalue weighted by atomic mass is 32.1. The number of anilines is 1. The van der Waals surface area contributed by atoms with Crippen LogP contribution in [0.5, 0.6) is 5.75 Å². The Kier molecular flexibility index (Phi) is 5.25. The number of aromatic nitrogens is 2. The average molecular weight is 462 g/mol. The molecule has 8 heteroatoms. The molecule has 2 aromatic carbocycles. The number of fused-ring (bicyclic) bond motifs is 2. The van der Waals surface area contributed by atoms with Gasteiger partial charge >= 0.3 is 0 Å². The largest absolute Gasteiger partial charge is 0.497 e. The first-order valence-electron chi connectivity index (χ1n) is 10.7. The summed E-state index contributed by atoms with van der Waals surface area (Å²) in [6.45, 7) is 6.13. The minimum atomic E-state index is -0.691. The first-order chi connectivity index (χ1) is 15.9. The molecule has 0 aliphatic carbocycles. The summed E-state index contributed by atoms with van der Waals surface area (Å²) in [4.78, 5) is 28.8. The van der Waals surface area contributed by atoms with Gasteiger partial charge in [-0.3, -0.25) is 14.5 Å². The van der Waals surface area contributed by atoms with Crippen molar-refractivity contribution in [1.29, 1.82) is 0 Å². The molecule has 0 bridgehead atoms. The van der Waals surface area contributed by atoms with Crippen molar-refractivity contribution < 1.29 is 13.9 Å². The van der Waals surface area contributed by atoms with E-state index >= 15 is 0 Å². The molecule has 7 nitrogen and oxygen atoms in total. The van der Waals surface area contributed by atoms with Gasteiger partial charge in [-0.05, 0) is 42.7 Å². The van der Waals surface area contributed by atoms with Gasteiger partial charge in [0.05, 0.1) is 24.1 Å². The molecule has 0 fully saturated rings. The van der Waals surface area contributed by atoms with Crippen LogP contribution in [-0.4, -0.2) is 23.2 Å². The first kappa shape index (κ1) is 21.3. The van der Waals surface area contributed by atoms with E-state index in [9.17, 15) is 9.59 Å². The molecule has 3 heterocycles. The summed E-state index contributed by atoms with van der Waals surface area (Å²) in [6.07, 6.45) is 0.761. The molecular formula is C25H23N3O4S. The number of methoxy groups -OCH3 is 1. The molecule has 0 saturated heterocycles. The highest BCUT2D eigenvalue weighted by molar-refractivity contribution is 7.15. The Labute approximate surface area is 194 Å². The number of amides is 1. The Morgan fingerprint density at radius 1 is 1.15 bits per heavy atom. The van der Waals surface area contributed by atoms with Crippen molar-refractivity contribution in [3.8, 4) is 5.75 Å². The molecule has 0 radical (unpaired) electrons. The van der Waals surface area contributed by atoms with Crippen LogP contribution in [0.25, 0.3) is 11.0 Å². The van der Waals surface area contributed by atoms with Gasteiger partial charge in [-0.1, -0.05) is 48.9 Å². The number of nitrogens with zero attached hydrogens (tertiary/aromatic N) is 3. The van der Waals surface area contributed by atoms with E-state index in [0.29, 0.717) is 33.3 Å². The van der Waals surface area contributed by atoms with Gasteiger partial charge in [0.25, 0.3) is 5.91 Å². The van der Waals surface area contributed by atoms with Gasteiger partial charge in [-0.15, -0.1) is 10.2 Å².